The number of morpholine rings is 1. The van der Waals surface area contributed by atoms with Gasteiger partial charge in [0.05, 0.1) is 18.1 Å². The van der Waals surface area contributed by atoms with Crippen molar-refractivity contribution in [1.29, 1.82) is 0 Å². The molecule has 9 heteroatoms. The second-order valence-electron chi connectivity index (χ2n) is 6.60. The highest BCUT2D eigenvalue weighted by molar-refractivity contribution is 7.89. The van der Waals surface area contributed by atoms with Crippen LogP contribution in [0.15, 0.2) is 59.5 Å². The second kappa shape index (κ2) is 9.84. The van der Waals surface area contributed by atoms with Crippen molar-refractivity contribution < 1.29 is 27.8 Å². The van der Waals surface area contributed by atoms with E-state index in [9.17, 15) is 18.3 Å². The molecular weight excluding hydrogens is 396 g/mol. The summed E-state index contributed by atoms with van der Waals surface area (Å²) in [4.78, 5) is 13.3. The number of carboxylic acid groups (broad SMARTS) is 1. The Bertz CT molecular complexity index is 896. The van der Waals surface area contributed by atoms with Crippen LogP contribution in [0.5, 0.6) is 5.75 Å². The maximum Gasteiger partial charge on any atom is 0.322 e. The molecule has 0 aliphatic carbocycles. The molecule has 0 aromatic heterocycles. The average Bonchev–Trinajstić information content (AvgIpc) is 2.74. The van der Waals surface area contributed by atoms with E-state index in [0.717, 1.165) is 5.56 Å². The van der Waals surface area contributed by atoms with Crippen molar-refractivity contribution in [2.24, 2.45) is 0 Å². The number of carboxylic acids is 1. The van der Waals surface area contributed by atoms with Gasteiger partial charge in [0, 0.05) is 19.6 Å². The Hall–Kier alpha value is -2.46. The molecule has 1 aliphatic rings. The Morgan fingerprint density at radius 3 is 2.38 bits per heavy atom. The van der Waals surface area contributed by atoms with Gasteiger partial charge < -0.3 is 14.6 Å². The number of hydrogen-bond acceptors (Lipinski definition) is 6. The van der Waals surface area contributed by atoms with Gasteiger partial charge in [-0.15, -0.1) is 0 Å². The first-order valence-electron chi connectivity index (χ1n) is 9.27. The molecule has 8 nitrogen and oxygen atoms in total. The number of benzene rings is 2. The van der Waals surface area contributed by atoms with Gasteiger partial charge in [-0.25, -0.2) is 13.1 Å². The number of sulfonamides is 1. The third-order valence-corrected chi connectivity index (χ3v) is 6.06. The molecule has 1 fully saturated rings. The summed E-state index contributed by atoms with van der Waals surface area (Å²) in [5.74, 6) is -0.524. The number of ether oxygens (including phenoxy) is 2. The molecule has 0 saturated carbocycles. The van der Waals surface area contributed by atoms with Gasteiger partial charge in [0.25, 0.3) is 0 Å². The normalized spacial score (nSPS) is 16.3. The molecule has 156 valence electrons. The minimum absolute atomic E-state index is 0.0516. The molecular formula is C20H24N2O6S. The molecule has 29 heavy (non-hydrogen) atoms. The van der Waals surface area contributed by atoms with Crippen LogP contribution in [0.4, 0.5) is 0 Å². The minimum Gasteiger partial charge on any atom is -0.489 e. The second-order valence-corrected chi connectivity index (χ2v) is 8.37. The first-order chi connectivity index (χ1) is 14.0. The first kappa shape index (κ1) is 21.3. The van der Waals surface area contributed by atoms with E-state index in [2.05, 4.69) is 4.72 Å². The van der Waals surface area contributed by atoms with Gasteiger partial charge in [-0.1, -0.05) is 30.3 Å². The Labute approximate surface area is 170 Å². The van der Waals surface area contributed by atoms with E-state index in [1.54, 1.807) is 17.0 Å². The van der Waals surface area contributed by atoms with Crippen LogP contribution in [-0.2, 0) is 26.2 Å². The molecule has 1 heterocycles. The summed E-state index contributed by atoms with van der Waals surface area (Å²) >= 11 is 0. The van der Waals surface area contributed by atoms with Gasteiger partial charge in [-0.3, -0.25) is 9.69 Å². The van der Waals surface area contributed by atoms with E-state index < -0.39 is 22.0 Å². The lowest BCUT2D eigenvalue weighted by Gasteiger charge is -2.31. The first-order valence-corrected chi connectivity index (χ1v) is 10.7. The number of aliphatic carboxylic acids is 1. The highest BCUT2D eigenvalue weighted by Crippen LogP contribution is 2.17. The molecule has 0 radical (unpaired) electrons. The third kappa shape index (κ3) is 6.01. The van der Waals surface area contributed by atoms with E-state index in [1.807, 2.05) is 30.3 Å². The van der Waals surface area contributed by atoms with Crippen molar-refractivity contribution in [3.63, 3.8) is 0 Å². The quantitative estimate of drug-likeness (QED) is 0.630. The van der Waals surface area contributed by atoms with E-state index >= 15 is 0 Å². The molecule has 1 atom stereocenters. The molecule has 1 unspecified atom stereocenters. The Kier molecular flexibility index (Phi) is 7.21. The zero-order valence-corrected chi connectivity index (χ0v) is 16.7. The summed E-state index contributed by atoms with van der Waals surface area (Å²) in [7, 11) is -3.84. The van der Waals surface area contributed by atoms with Crippen LogP contribution in [0.2, 0.25) is 0 Å². The smallest absolute Gasteiger partial charge is 0.322 e. The van der Waals surface area contributed by atoms with Crippen LogP contribution in [0.1, 0.15) is 5.56 Å². The van der Waals surface area contributed by atoms with Crippen LogP contribution in [-0.4, -0.2) is 63.3 Å². The SMILES string of the molecule is O=C(O)C(CNS(=O)(=O)c1ccc(OCc2ccccc2)cc1)N1CCOCC1. The fourth-order valence-corrected chi connectivity index (χ4v) is 4.03. The van der Waals surface area contributed by atoms with E-state index in [-0.39, 0.29) is 11.4 Å². The third-order valence-electron chi connectivity index (χ3n) is 4.62. The van der Waals surface area contributed by atoms with Crippen molar-refractivity contribution in [2.75, 3.05) is 32.8 Å². The van der Waals surface area contributed by atoms with Crippen LogP contribution < -0.4 is 9.46 Å². The molecule has 3 rings (SSSR count). The highest BCUT2D eigenvalue weighted by atomic mass is 32.2. The maximum atomic E-state index is 12.5. The van der Waals surface area contributed by atoms with Crippen molar-refractivity contribution in [3.8, 4) is 5.75 Å². The number of carbonyl (C=O) groups is 1. The van der Waals surface area contributed by atoms with E-state index in [4.69, 9.17) is 9.47 Å². The molecule has 2 aromatic carbocycles. The predicted molar refractivity (Wildman–Crippen MR) is 106 cm³/mol. The largest absolute Gasteiger partial charge is 0.489 e. The minimum atomic E-state index is -3.84. The van der Waals surface area contributed by atoms with Crippen molar-refractivity contribution >= 4 is 16.0 Å². The predicted octanol–water partition coefficient (Wildman–Crippen LogP) is 1.33. The topological polar surface area (TPSA) is 105 Å². The lowest BCUT2D eigenvalue weighted by atomic mass is 10.2. The fourth-order valence-electron chi connectivity index (χ4n) is 2.99. The average molecular weight is 420 g/mol. The fraction of sp³-hybridized carbons (Fsp3) is 0.350. The number of nitrogens with zero attached hydrogens (tertiary/aromatic N) is 1. The van der Waals surface area contributed by atoms with E-state index in [0.29, 0.717) is 38.7 Å². The molecule has 2 aromatic rings. The molecule has 1 aliphatic heterocycles. The molecule has 0 bridgehead atoms. The molecule has 0 spiro atoms. The Morgan fingerprint density at radius 2 is 1.76 bits per heavy atom. The van der Waals surface area contributed by atoms with Gasteiger partial charge in [-0.05, 0) is 29.8 Å². The van der Waals surface area contributed by atoms with E-state index in [1.165, 1.54) is 12.1 Å². The molecule has 2 N–H and O–H groups in total. The molecule has 0 amide bonds. The monoisotopic (exact) mass is 420 g/mol. The van der Waals surface area contributed by atoms with Crippen LogP contribution in [0.3, 0.4) is 0 Å². The lowest BCUT2D eigenvalue weighted by Crippen LogP contribution is -2.52. The number of nitrogens with one attached hydrogen (secondary N) is 1. The number of rotatable bonds is 9. The number of hydrogen-bond donors (Lipinski definition) is 2. The Balaban J connectivity index is 1.58. The van der Waals surface area contributed by atoms with Gasteiger partial charge in [0.2, 0.25) is 10.0 Å². The van der Waals surface area contributed by atoms with Gasteiger partial charge >= 0.3 is 5.97 Å². The van der Waals surface area contributed by atoms with Crippen molar-refractivity contribution in [3.05, 3.63) is 60.2 Å². The van der Waals surface area contributed by atoms with Gasteiger partial charge in [0.15, 0.2) is 0 Å². The Morgan fingerprint density at radius 1 is 1.10 bits per heavy atom. The van der Waals surface area contributed by atoms with Gasteiger partial charge in [0.1, 0.15) is 18.4 Å². The maximum absolute atomic E-state index is 12.5. The summed E-state index contributed by atoms with van der Waals surface area (Å²) < 4.78 is 38.4. The van der Waals surface area contributed by atoms with Crippen molar-refractivity contribution in [2.45, 2.75) is 17.5 Å². The standard InChI is InChI=1S/C20H24N2O6S/c23-20(24)19(22-10-12-27-13-11-22)14-21-29(25,26)18-8-6-17(7-9-18)28-15-16-4-2-1-3-5-16/h1-9,19,21H,10-15H2,(H,23,24). The summed E-state index contributed by atoms with van der Waals surface area (Å²) in [6.07, 6.45) is 0. The summed E-state index contributed by atoms with van der Waals surface area (Å²) in [5, 5.41) is 9.45. The van der Waals surface area contributed by atoms with Crippen molar-refractivity contribution in [1.82, 2.24) is 9.62 Å². The summed E-state index contributed by atoms with van der Waals surface area (Å²) in [5.41, 5.74) is 1.01. The highest BCUT2D eigenvalue weighted by Gasteiger charge is 2.28. The zero-order valence-electron chi connectivity index (χ0n) is 15.9. The molecule has 1 saturated heterocycles. The lowest BCUT2D eigenvalue weighted by molar-refractivity contribution is -0.144. The van der Waals surface area contributed by atoms with Crippen LogP contribution in [0.25, 0.3) is 0 Å². The van der Waals surface area contributed by atoms with Gasteiger partial charge in [-0.2, -0.15) is 0 Å². The van der Waals surface area contributed by atoms with Crippen LogP contribution in [0, 0.1) is 0 Å². The summed E-state index contributed by atoms with van der Waals surface area (Å²) in [6.45, 7) is 1.93. The van der Waals surface area contributed by atoms with Crippen LogP contribution >= 0.6 is 0 Å². The summed E-state index contributed by atoms with van der Waals surface area (Å²) in [6, 6.07) is 14.7. The zero-order chi connectivity index (χ0) is 20.7.